The molecule has 0 unspecified atom stereocenters. The summed E-state index contributed by atoms with van der Waals surface area (Å²) in [6.07, 6.45) is 5.50. The maximum Gasteiger partial charge on any atom is 0.226 e. The average molecular weight is 249 g/mol. The largest absolute Gasteiger partial charge is 0.354 e. The van der Waals surface area contributed by atoms with Crippen LogP contribution < -0.4 is 10.6 Å². The second kappa shape index (κ2) is 7.91. The zero-order chi connectivity index (χ0) is 11.1. The van der Waals surface area contributed by atoms with Crippen LogP contribution in [0.5, 0.6) is 0 Å². The summed E-state index contributed by atoms with van der Waals surface area (Å²) in [6.45, 7) is 6.99. The fraction of sp³-hybridized carbons (Fsp3) is 0.917. The first-order chi connectivity index (χ1) is 7.25. The van der Waals surface area contributed by atoms with Crippen molar-refractivity contribution in [1.82, 2.24) is 10.6 Å². The Morgan fingerprint density at radius 3 is 2.31 bits per heavy atom. The minimum absolute atomic E-state index is 0. The van der Waals surface area contributed by atoms with Gasteiger partial charge in [0, 0.05) is 18.5 Å². The Kier molecular flexibility index (Phi) is 7.77. The molecule has 0 saturated heterocycles. The fourth-order valence-corrected chi connectivity index (χ4v) is 1.97. The second-order valence-corrected chi connectivity index (χ2v) is 4.54. The Morgan fingerprint density at radius 2 is 1.81 bits per heavy atom. The van der Waals surface area contributed by atoms with Crippen molar-refractivity contribution < 1.29 is 4.79 Å². The number of carbonyl (C=O) groups excluding carboxylic acids is 1. The van der Waals surface area contributed by atoms with Gasteiger partial charge < -0.3 is 10.6 Å². The summed E-state index contributed by atoms with van der Waals surface area (Å²) < 4.78 is 0. The van der Waals surface area contributed by atoms with Gasteiger partial charge in [0.15, 0.2) is 0 Å². The number of hydrogen-bond donors (Lipinski definition) is 2. The Morgan fingerprint density at radius 1 is 1.12 bits per heavy atom. The van der Waals surface area contributed by atoms with E-state index in [0.29, 0.717) is 0 Å². The molecule has 0 atom stereocenters. The van der Waals surface area contributed by atoms with E-state index in [4.69, 9.17) is 0 Å². The van der Waals surface area contributed by atoms with Gasteiger partial charge in [-0.05, 0) is 32.2 Å². The number of carbonyl (C=O) groups is 1. The van der Waals surface area contributed by atoms with Crippen LogP contribution in [0.3, 0.4) is 0 Å². The zero-order valence-corrected chi connectivity index (χ0v) is 11.3. The van der Waals surface area contributed by atoms with Crippen LogP contribution in [0.15, 0.2) is 0 Å². The highest BCUT2D eigenvalue weighted by atomic mass is 35.5. The molecule has 1 rings (SSSR count). The van der Waals surface area contributed by atoms with Crippen LogP contribution in [0.1, 0.15) is 46.0 Å². The normalized spacial score (nSPS) is 16.4. The van der Waals surface area contributed by atoms with Crippen molar-refractivity contribution in [3.8, 4) is 0 Å². The van der Waals surface area contributed by atoms with E-state index in [-0.39, 0.29) is 23.7 Å². The number of hydrogen-bond acceptors (Lipinski definition) is 2. The molecular weight excluding hydrogens is 224 g/mol. The third-order valence-corrected chi connectivity index (χ3v) is 3.08. The lowest BCUT2D eigenvalue weighted by molar-refractivity contribution is -0.126. The third kappa shape index (κ3) is 4.71. The minimum Gasteiger partial charge on any atom is -0.354 e. The Bertz CT molecular complexity index is 205. The highest BCUT2D eigenvalue weighted by Gasteiger charge is 2.48. The van der Waals surface area contributed by atoms with Crippen LogP contribution in [-0.4, -0.2) is 25.5 Å². The lowest BCUT2D eigenvalue weighted by atomic mass is 10.00. The molecule has 0 aromatic rings. The van der Waals surface area contributed by atoms with Gasteiger partial charge in [-0.2, -0.15) is 0 Å². The molecular formula is C12H25ClN2O. The quantitative estimate of drug-likeness (QED) is 0.646. The zero-order valence-electron chi connectivity index (χ0n) is 10.5. The molecule has 0 aliphatic heterocycles. The van der Waals surface area contributed by atoms with Gasteiger partial charge in [0.05, 0.1) is 0 Å². The van der Waals surface area contributed by atoms with Crippen LogP contribution in [0.25, 0.3) is 0 Å². The lowest BCUT2D eigenvalue weighted by Crippen LogP contribution is -2.36. The van der Waals surface area contributed by atoms with Gasteiger partial charge in [0.1, 0.15) is 0 Å². The number of rotatable bonds is 8. The summed E-state index contributed by atoms with van der Waals surface area (Å²) >= 11 is 0. The molecule has 2 N–H and O–H groups in total. The maximum atomic E-state index is 11.8. The van der Waals surface area contributed by atoms with Crippen molar-refractivity contribution in [2.45, 2.75) is 46.0 Å². The lowest BCUT2D eigenvalue weighted by Gasteiger charge is -2.14. The molecule has 3 nitrogen and oxygen atoms in total. The van der Waals surface area contributed by atoms with Gasteiger partial charge in [-0.3, -0.25) is 4.79 Å². The van der Waals surface area contributed by atoms with E-state index < -0.39 is 0 Å². The highest BCUT2D eigenvalue weighted by molar-refractivity contribution is 5.85. The van der Waals surface area contributed by atoms with E-state index in [1.807, 2.05) is 0 Å². The molecule has 4 heteroatoms. The first kappa shape index (κ1) is 15.7. The molecule has 0 bridgehead atoms. The first-order valence-corrected chi connectivity index (χ1v) is 6.24. The van der Waals surface area contributed by atoms with Gasteiger partial charge in [-0.25, -0.2) is 0 Å². The third-order valence-electron chi connectivity index (χ3n) is 3.08. The molecule has 16 heavy (non-hydrogen) atoms. The molecule has 1 aliphatic rings. The van der Waals surface area contributed by atoms with Crippen molar-refractivity contribution in [3.63, 3.8) is 0 Å². The van der Waals surface area contributed by atoms with Gasteiger partial charge in [0.25, 0.3) is 0 Å². The standard InChI is InChI=1S/C12H24N2O.ClH/c1-3-5-12(6-7-12)11(15)14-10-9-13-8-4-2;/h13H,3-10H2,1-2H3,(H,14,15);1H. The van der Waals surface area contributed by atoms with Crippen molar-refractivity contribution in [3.05, 3.63) is 0 Å². The molecule has 1 amide bonds. The molecule has 0 aromatic carbocycles. The molecule has 0 aromatic heterocycles. The SMILES string of the molecule is CCCNCCNC(=O)C1(CCC)CC1.Cl. The maximum absolute atomic E-state index is 11.8. The number of halogens is 1. The van der Waals surface area contributed by atoms with Gasteiger partial charge >= 0.3 is 0 Å². The Hall–Kier alpha value is -0.280. The number of nitrogens with one attached hydrogen (secondary N) is 2. The molecule has 0 heterocycles. The summed E-state index contributed by atoms with van der Waals surface area (Å²) in [6, 6.07) is 0. The predicted octanol–water partition coefficient (Wildman–Crippen LogP) is 2.10. The highest BCUT2D eigenvalue weighted by Crippen LogP contribution is 2.49. The van der Waals surface area contributed by atoms with Gasteiger partial charge in [0.2, 0.25) is 5.91 Å². The predicted molar refractivity (Wildman–Crippen MR) is 70.0 cm³/mol. The van der Waals surface area contributed by atoms with Crippen molar-refractivity contribution in [2.75, 3.05) is 19.6 Å². The molecule has 96 valence electrons. The van der Waals surface area contributed by atoms with E-state index in [0.717, 1.165) is 51.7 Å². The van der Waals surface area contributed by atoms with E-state index in [1.54, 1.807) is 0 Å². The monoisotopic (exact) mass is 248 g/mol. The summed E-state index contributed by atoms with van der Waals surface area (Å²) in [7, 11) is 0. The van der Waals surface area contributed by atoms with Crippen LogP contribution in [0, 0.1) is 5.41 Å². The van der Waals surface area contributed by atoms with E-state index >= 15 is 0 Å². The van der Waals surface area contributed by atoms with E-state index in [9.17, 15) is 4.79 Å². The topological polar surface area (TPSA) is 41.1 Å². The number of amides is 1. The summed E-state index contributed by atoms with van der Waals surface area (Å²) in [5.41, 5.74) is 0.0273. The van der Waals surface area contributed by atoms with Crippen molar-refractivity contribution in [2.24, 2.45) is 5.41 Å². The average Bonchev–Trinajstić information content (AvgIpc) is 2.99. The summed E-state index contributed by atoms with van der Waals surface area (Å²) in [5.74, 6) is 0.280. The fourth-order valence-electron chi connectivity index (χ4n) is 1.97. The molecule has 1 aliphatic carbocycles. The van der Waals surface area contributed by atoms with E-state index in [2.05, 4.69) is 24.5 Å². The Labute approximate surface area is 105 Å². The Balaban J connectivity index is 0.00000225. The minimum atomic E-state index is 0. The summed E-state index contributed by atoms with van der Waals surface area (Å²) in [5, 5.41) is 6.31. The first-order valence-electron chi connectivity index (χ1n) is 6.24. The molecule has 0 radical (unpaired) electrons. The van der Waals surface area contributed by atoms with Crippen molar-refractivity contribution in [1.29, 1.82) is 0 Å². The second-order valence-electron chi connectivity index (χ2n) is 4.54. The van der Waals surface area contributed by atoms with E-state index in [1.165, 1.54) is 0 Å². The van der Waals surface area contributed by atoms with Crippen LogP contribution in [0.4, 0.5) is 0 Å². The van der Waals surface area contributed by atoms with Crippen LogP contribution in [0.2, 0.25) is 0 Å². The van der Waals surface area contributed by atoms with Gasteiger partial charge in [-0.1, -0.05) is 20.3 Å². The van der Waals surface area contributed by atoms with Gasteiger partial charge in [-0.15, -0.1) is 12.4 Å². The molecule has 1 saturated carbocycles. The molecule has 1 fully saturated rings. The van der Waals surface area contributed by atoms with Crippen LogP contribution >= 0.6 is 12.4 Å². The summed E-state index contributed by atoms with van der Waals surface area (Å²) in [4.78, 5) is 11.8. The smallest absolute Gasteiger partial charge is 0.226 e. The van der Waals surface area contributed by atoms with Crippen molar-refractivity contribution >= 4 is 18.3 Å². The molecule has 0 spiro atoms. The van der Waals surface area contributed by atoms with Crippen LogP contribution in [-0.2, 0) is 4.79 Å².